The van der Waals surface area contributed by atoms with Crippen LogP contribution in [0.5, 0.6) is 11.5 Å². The smallest absolute Gasteiger partial charge is 0.339 e. The third-order valence-corrected chi connectivity index (χ3v) is 2.83. The van der Waals surface area contributed by atoms with Crippen LogP contribution in [0.4, 0.5) is 0 Å². The average molecular weight is 307 g/mol. The van der Waals surface area contributed by atoms with Gasteiger partial charge in [0.25, 0.3) is 5.91 Å². The maximum atomic E-state index is 11.5. The van der Waals surface area contributed by atoms with Gasteiger partial charge in [-0.25, -0.2) is 4.79 Å². The van der Waals surface area contributed by atoms with E-state index < -0.39 is 5.97 Å². The largest absolute Gasteiger partial charge is 0.478 e. The van der Waals surface area contributed by atoms with E-state index in [2.05, 4.69) is 10.3 Å². The van der Waals surface area contributed by atoms with Crippen molar-refractivity contribution in [1.29, 1.82) is 0 Å². The van der Waals surface area contributed by atoms with Crippen molar-refractivity contribution in [2.45, 2.75) is 0 Å². The van der Waals surface area contributed by atoms with Crippen molar-refractivity contribution >= 4 is 23.5 Å². The molecule has 0 saturated carbocycles. The second kappa shape index (κ2) is 6.23. The SMILES string of the molecule is CNC(=O)c1cc(Oc2ccc(Cl)cc2C(=O)O)ccn1. The molecule has 0 spiro atoms. The number of carboxylic acid groups (broad SMARTS) is 1. The predicted octanol–water partition coefficient (Wildman–Crippen LogP) is 2.59. The molecule has 0 aliphatic rings. The predicted molar refractivity (Wildman–Crippen MR) is 76.1 cm³/mol. The maximum absolute atomic E-state index is 11.5. The van der Waals surface area contributed by atoms with Crippen LogP contribution in [0.25, 0.3) is 0 Å². The van der Waals surface area contributed by atoms with Crippen molar-refractivity contribution in [2.24, 2.45) is 0 Å². The Bertz CT molecular complexity index is 703. The fourth-order valence-corrected chi connectivity index (χ4v) is 1.78. The summed E-state index contributed by atoms with van der Waals surface area (Å²) < 4.78 is 5.50. The highest BCUT2D eigenvalue weighted by atomic mass is 35.5. The Morgan fingerprint density at radius 3 is 2.71 bits per heavy atom. The zero-order valence-corrected chi connectivity index (χ0v) is 11.7. The van der Waals surface area contributed by atoms with Crippen LogP contribution in [0, 0.1) is 0 Å². The molecule has 1 aromatic carbocycles. The van der Waals surface area contributed by atoms with Crippen molar-refractivity contribution in [2.75, 3.05) is 7.05 Å². The van der Waals surface area contributed by atoms with E-state index in [9.17, 15) is 9.59 Å². The number of carboxylic acids is 1. The summed E-state index contributed by atoms with van der Waals surface area (Å²) in [7, 11) is 1.49. The fourth-order valence-electron chi connectivity index (χ4n) is 1.61. The number of aromatic nitrogens is 1. The van der Waals surface area contributed by atoms with E-state index in [1.165, 1.54) is 43.6 Å². The van der Waals surface area contributed by atoms with E-state index >= 15 is 0 Å². The topological polar surface area (TPSA) is 88.5 Å². The van der Waals surface area contributed by atoms with Gasteiger partial charge in [0.2, 0.25) is 0 Å². The van der Waals surface area contributed by atoms with E-state index in [0.29, 0.717) is 10.8 Å². The summed E-state index contributed by atoms with van der Waals surface area (Å²) in [4.78, 5) is 26.6. The van der Waals surface area contributed by atoms with Gasteiger partial charge in [0, 0.05) is 24.3 Å². The molecule has 2 aromatic rings. The Hall–Kier alpha value is -2.60. The number of ether oxygens (including phenoxy) is 1. The van der Waals surface area contributed by atoms with Gasteiger partial charge in [0.15, 0.2) is 0 Å². The van der Waals surface area contributed by atoms with Crippen molar-refractivity contribution < 1.29 is 19.4 Å². The first-order valence-electron chi connectivity index (χ1n) is 5.90. The fraction of sp³-hybridized carbons (Fsp3) is 0.0714. The van der Waals surface area contributed by atoms with Crippen LogP contribution in [0.3, 0.4) is 0 Å². The van der Waals surface area contributed by atoms with Gasteiger partial charge in [-0.3, -0.25) is 9.78 Å². The first kappa shape index (κ1) is 14.8. The summed E-state index contributed by atoms with van der Waals surface area (Å²) in [6, 6.07) is 7.20. The highest BCUT2D eigenvalue weighted by molar-refractivity contribution is 6.31. The molecule has 2 rings (SSSR count). The molecule has 0 unspecified atom stereocenters. The number of halogens is 1. The number of hydrogen-bond acceptors (Lipinski definition) is 4. The number of hydrogen-bond donors (Lipinski definition) is 2. The molecule has 0 aliphatic heterocycles. The van der Waals surface area contributed by atoms with Gasteiger partial charge in [-0.15, -0.1) is 0 Å². The van der Waals surface area contributed by atoms with Crippen LogP contribution in [-0.4, -0.2) is 29.0 Å². The normalized spacial score (nSPS) is 10.0. The number of carbonyl (C=O) groups excluding carboxylic acids is 1. The van der Waals surface area contributed by atoms with Crippen LogP contribution in [0.2, 0.25) is 5.02 Å². The molecule has 0 radical (unpaired) electrons. The molecule has 1 aromatic heterocycles. The van der Waals surface area contributed by atoms with E-state index in [0.717, 1.165) is 0 Å². The van der Waals surface area contributed by atoms with Gasteiger partial charge in [-0.05, 0) is 24.3 Å². The zero-order chi connectivity index (χ0) is 15.4. The lowest BCUT2D eigenvalue weighted by Crippen LogP contribution is -2.19. The van der Waals surface area contributed by atoms with Gasteiger partial charge < -0.3 is 15.2 Å². The van der Waals surface area contributed by atoms with Crippen molar-refractivity contribution in [3.63, 3.8) is 0 Å². The van der Waals surface area contributed by atoms with Crippen LogP contribution >= 0.6 is 11.6 Å². The number of rotatable bonds is 4. The second-order valence-corrected chi connectivity index (χ2v) is 4.44. The number of amides is 1. The average Bonchev–Trinajstić information content (AvgIpc) is 2.48. The molecule has 0 atom stereocenters. The summed E-state index contributed by atoms with van der Waals surface area (Å²) in [5, 5.41) is 11.9. The van der Waals surface area contributed by atoms with Crippen molar-refractivity contribution in [3.8, 4) is 11.5 Å². The third-order valence-electron chi connectivity index (χ3n) is 2.59. The highest BCUT2D eigenvalue weighted by Crippen LogP contribution is 2.28. The second-order valence-electron chi connectivity index (χ2n) is 4.00. The van der Waals surface area contributed by atoms with Gasteiger partial charge in [0.05, 0.1) is 0 Å². The van der Waals surface area contributed by atoms with Crippen LogP contribution in [-0.2, 0) is 0 Å². The Morgan fingerprint density at radius 2 is 2.05 bits per heavy atom. The maximum Gasteiger partial charge on any atom is 0.339 e. The number of nitrogens with zero attached hydrogens (tertiary/aromatic N) is 1. The van der Waals surface area contributed by atoms with Crippen LogP contribution < -0.4 is 10.1 Å². The quantitative estimate of drug-likeness (QED) is 0.906. The molecule has 2 N–H and O–H groups in total. The van der Waals surface area contributed by atoms with E-state index in [1.54, 1.807) is 0 Å². The van der Waals surface area contributed by atoms with E-state index in [4.69, 9.17) is 21.4 Å². The first-order chi connectivity index (χ1) is 10.0. The summed E-state index contributed by atoms with van der Waals surface area (Å²) in [6.07, 6.45) is 1.40. The minimum atomic E-state index is -1.16. The highest BCUT2D eigenvalue weighted by Gasteiger charge is 2.14. The molecule has 0 fully saturated rings. The summed E-state index contributed by atoms with van der Waals surface area (Å²) in [6.45, 7) is 0. The van der Waals surface area contributed by atoms with Crippen LogP contribution in [0.15, 0.2) is 36.5 Å². The monoisotopic (exact) mass is 306 g/mol. The minimum absolute atomic E-state index is 0.0687. The van der Waals surface area contributed by atoms with Gasteiger partial charge in [0.1, 0.15) is 22.8 Å². The van der Waals surface area contributed by atoms with Gasteiger partial charge >= 0.3 is 5.97 Å². The van der Waals surface area contributed by atoms with Gasteiger partial charge in [-0.2, -0.15) is 0 Å². The molecule has 0 bridgehead atoms. The zero-order valence-electron chi connectivity index (χ0n) is 11.0. The lowest BCUT2D eigenvalue weighted by molar-refractivity contribution is 0.0693. The number of benzene rings is 1. The summed E-state index contributed by atoms with van der Waals surface area (Å²) >= 11 is 5.77. The molecule has 0 aliphatic carbocycles. The summed E-state index contributed by atoms with van der Waals surface area (Å²) in [5.41, 5.74) is 0.0987. The Morgan fingerprint density at radius 1 is 1.29 bits per heavy atom. The lowest BCUT2D eigenvalue weighted by atomic mass is 10.2. The van der Waals surface area contributed by atoms with E-state index in [-0.39, 0.29) is 22.9 Å². The van der Waals surface area contributed by atoms with Crippen molar-refractivity contribution in [3.05, 3.63) is 52.8 Å². The van der Waals surface area contributed by atoms with Crippen molar-refractivity contribution in [1.82, 2.24) is 10.3 Å². The molecular formula is C14H11ClN2O4. The number of carbonyl (C=O) groups is 2. The first-order valence-corrected chi connectivity index (χ1v) is 6.28. The Kier molecular flexibility index (Phi) is 4.39. The van der Waals surface area contributed by atoms with Crippen LogP contribution in [0.1, 0.15) is 20.8 Å². The molecule has 0 saturated heterocycles. The molecule has 1 amide bonds. The molecular weight excluding hydrogens is 296 g/mol. The third kappa shape index (κ3) is 3.49. The summed E-state index contributed by atoms with van der Waals surface area (Å²) in [5.74, 6) is -1.10. The number of pyridine rings is 1. The molecule has 7 heteroatoms. The Labute approximate surface area is 125 Å². The van der Waals surface area contributed by atoms with E-state index in [1.807, 2.05) is 0 Å². The standard InChI is InChI=1S/C14H11ClN2O4/c1-16-13(18)11-7-9(4-5-17-11)21-12-3-2-8(15)6-10(12)14(19)20/h2-7H,1H3,(H,16,18)(H,19,20). The number of nitrogens with one attached hydrogen (secondary N) is 1. The lowest BCUT2D eigenvalue weighted by Gasteiger charge is -2.09. The molecule has 21 heavy (non-hydrogen) atoms. The Balaban J connectivity index is 2.34. The molecule has 1 heterocycles. The number of aromatic carboxylic acids is 1. The van der Waals surface area contributed by atoms with Gasteiger partial charge in [-0.1, -0.05) is 11.6 Å². The minimum Gasteiger partial charge on any atom is -0.478 e. The molecule has 108 valence electrons. The molecule has 6 nitrogen and oxygen atoms in total.